The predicted molar refractivity (Wildman–Crippen MR) is 82.9 cm³/mol. The van der Waals surface area contributed by atoms with Gasteiger partial charge in [0.1, 0.15) is 0 Å². The van der Waals surface area contributed by atoms with Gasteiger partial charge in [0.05, 0.1) is 17.1 Å². The number of hydrogen-bond acceptors (Lipinski definition) is 4. The highest BCUT2D eigenvalue weighted by Crippen LogP contribution is 2.23. The van der Waals surface area contributed by atoms with E-state index in [0.717, 1.165) is 10.8 Å². The van der Waals surface area contributed by atoms with E-state index in [2.05, 4.69) is 0 Å². The molecule has 3 rings (SSSR count). The first-order valence-corrected chi connectivity index (χ1v) is 8.56. The van der Waals surface area contributed by atoms with E-state index in [1.54, 1.807) is 17.0 Å². The summed E-state index contributed by atoms with van der Waals surface area (Å²) in [6, 6.07) is 11.2. The Bertz CT molecular complexity index is 801. The first kappa shape index (κ1) is 13.9. The van der Waals surface area contributed by atoms with Crippen LogP contribution in [0.2, 0.25) is 0 Å². The van der Waals surface area contributed by atoms with Gasteiger partial charge in [-0.15, -0.1) is 0 Å². The molecule has 1 saturated heterocycles. The van der Waals surface area contributed by atoms with Gasteiger partial charge in [-0.1, -0.05) is 24.3 Å². The second-order valence-corrected chi connectivity index (χ2v) is 7.53. The molecule has 0 aromatic heterocycles. The summed E-state index contributed by atoms with van der Waals surface area (Å²) in [7, 11) is -3.00. The van der Waals surface area contributed by atoms with Crippen molar-refractivity contribution < 1.29 is 13.2 Å². The molecule has 0 bridgehead atoms. The van der Waals surface area contributed by atoms with E-state index in [4.69, 9.17) is 5.73 Å². The molecule has 6 heteroatoms. The van der Waals surface area contributed by atoms with E-state index in [-0.39, 0.29) is 30.5 Å². The maximum atomic E-state index is 12.5. The number of nitrogens with two attached hydrogens (primary N) is 1. The third-order valence-electron chi connectivity index (χ3n) is 3.78. The van der Waals surface area contributed by atoms with Crippen LogP contribution in [0.3, 0.4) is 0 Å². The Kier molecular flexibility index (Phi) is 3.33. The molecule has 0 aliphatic carbocycles. The first-order chi connectivity index (χ1) is 9.96. The molecule has 5 nitrogen and oxygen atoms in total. The van der Waals surface area contributed by atoms with Crippen molar-refractivity contribution in [2.75, 3.05) is 30.3 Å². The molecule has 110 valence electrons. The van der Waals surface area contributed by atoms with Crippen molar-refractivity contribution in [3.63, 3.8) is 0 Å². The lowest BCUT2D eigenvalue weighted by Gasteiger charge is -2.27. The molecule has 1 aliphatic heterocycles. The standard InChI is InChI=1S/C15H16N2O3S/c16-14-10-12-4-2-1-3-11(12)9-13(14)15(18)17-5-7-21(19,20)8-6-17/h1-4,9-10H,5-8,16H2. The van der Waals surface area contributed by atoms with Gasteiger partial charge in [-0.05, 0) is 22.9 Å². The summed E-state index contributed by atoms with van der Waals surface area (Å²) in [4.78, 5) is 14.1. The van der Waals surface area contributed by atoms with Gasteiger partial charge in [-0.25, -0.2) is 8.42 Å². The highest BCUT2D eigenvalue weighted by Gasteiger charge is 2.26. The Labute approximate surface area is 123 Å². The lowest BCUT2D eigenvalue weighted by atomic mass is 10.0. The summed E-state index contributed by atoms with van der Waals surface area (Å²) in [6.45, 7) is 0.459. The molecule has 1 amide bonds. The van der Waals surface area contributed by atoms with Gasteiger partial charge < -0.3 is 10.6 Å². The predicted octanol–water partition coefficient (Wildman–Crippen LogP) is 1.29. The van der Waals surface area contributed by atoms with Crippen molar-refractivity contribution in [2.45, 2.75) is 0 Å². The summed E-state index contributed by atoms with van der Waals surface area (Å²) >= 11 is 0. The number of sulfone groups is 1. The smallest absolute Gasteiger partial charge is 0.256 e. The lowest BCUT2D eigenvalue weighted by molar-refractivity contribution is 0.0771. The van der Waals surface area contributed by atoms with Crippen LogP contribution in [0.15, 0.2) is 36.4 Å². The van der Waals surface area contributed by atoms with Gasteiger partial charge in [0, 0.05) is 18.8 Å². The fraction of sp³-hybridized carbons (Fsp3) is 0.267. The van der Waals surface area contributed by atoms with Crippen LogP contribution in [0, 0.1) is 0 Å². The molecular formula is C15H16N2O3S. The van der Waals surface area contributed by atoms with Gasteiger partial charge in [0.2, 0.25) is 0 Å². The Morgan fingerprint density at radius 3 is 2.24 bits per heavy atom. The molecule has 0 spiro atoms. The zero-order valence-corrected chi connectivity index (χ0v) is 12.3. The number of nitrogens with zero attached hydrogens (tertiary/aromatic N) is 1. The molecule has 21 heavy (non-hydrogen) atoms. The average molecular weight is 304 g/mol. The van der Waals surface area contributed by atoms with Gasteiger partial charge in [0.15, 0.2) is 9.84 Å². The maximum Gasteiger partial charge on any atom is 0.256 e. The van der Waals surface area contributed by atoms with Crippen LogP contribution in [-0.2, 0) is 9.84 Å². The number of rotatable bonds is 1. The molecule has 0 unspecified atom stereocenters. The second-order valence-electron chi connectivity index (χ2n) is 5.23. The fourth-order valence-electron chi connectivity index (χ4n) is 2.53. The van der Waals surface area contributed by atoms with Crippen molar-refractivity contribution in [3.05, 3.63) is 42.0 Å². The Hall–Kier alpha value is -2.08. The van der Waals surface area contributed by atoms with Crippen molar-refractivity contribution in [1.29, 1.82) is 0 Å². The largest absolute Gasteiger partial charge is 0.398 e. The second kappa shape index (κ2) is 5.04. The molecule has 1 fully saturated rings. The van der Waals surface area contributed by atoms with E-state index in [1.807, 2.05) is 24.3 Å². The molecule has 1 aliphatic rings. The molecule has 0 atom stereocenters. The zero-order valence-electron chi connectivity index (χ0n) is 11.5. The Morgan fingerprint density at radius 2 is 1.62 bits per heavy atom. The number of anilines is 1. The zero-order chi connectivity index (χ0) is 15.0. The Morgan fingerprint density at radius 1 is 1.05 bits per heavy atom. The highest BCUT2D eigenvalue weighted by molar-refractivity contribution is 7.91. The Balaban J connectivity index is 1.93. The van der Waals surface area contributed by atoms with E-state index in [9.17, 15) is 13.2 Å². The van der Waals surface area contributed by atoms with Crippen molar-refractivity contribution in [2.24, 2.45) is 0 Å². The van der Waals surface area contributed by atoms with Crippen molar-refractivity contribution in [1.82, 2.24) is 4.90 Å². The molecule has 2 aromatic carbocycles. The van der Waals surface area contributed by atoms with Crippen LogP contribution in [0.5, 0.6) is 0 Å². The van der Waals surface area contributed by atoms with Crippen molar-refractivity contribution in [3.8, 4) is 0 Å². The SMILES string of the molecule is Nc1cc2ccccc2cc1C(=O)N1CCS(=O)(=O)CC1. The number of carbonyl (C=O) groups excluding carboxylic acids is 1. The van der Waals surface area contributed by atoms with Crippen LogP contribution in [0.25, 0.3) is 10.8 Å². The quantitative estimate of drug-likeness (QED) is 0.805. The number of amides is 1. The minimum atomic E-state index is -3.00. The van der Waals surface area contributed by atoms with Crippen LogP contribution in [0.4, 0.5) is 5.69 Å². The van der Waals surface area contributed by atoms with Crippen LogP contribution >= 0.6 is 0 Å². The molecule has 0 saturated carbocycles. The van der Waals surface area contributed by atoms with Crippen LogP contribution in [-0.4, -0.2) is 43.8 Å². The minimum absolute atomic E-state index is 0.0201. The molecule has 2 N–H and O–H groups in total. The topological polar surface area (TPSA) is 80.5 Å². The summed E-state index contributed by atoms with van der Waals surface area (Å²) in [6.07, 6.45) is 0. The molecular weight excluding hydrogens is 288 g/mol. The summed E-state index contributed by atoms with van der Waals surface area (Å²) in [5.41, 5.74) is 6.84. The minimum Gasteiger partial charge on any atom is -0.398 e. The number of benzene rings is 2. The lowest BCUT2D eigenvalue weighted by Crippen LogP contribution is -2.43. The van der Waals surface area contributed by atoms with E-state index in [0.29, 0.717) is 11.3 Å². The molecule has 2 aromatic rings. The summed E-state index contributed by atoms with van der Waals surface area (Å²) < 4.78 is 22.9. The maximum absolute atomic E-state index is 12.5. The number of nitrogen functional groups attached to an aromatic ring is 1. The van der Waals surface area contributed by atoms with Gasteiger partial charge in [-0.3, -0.25) is 4.79 Å². The highest BCUT2D eigenvalue weighted by atomic mass is 32.2. The average Bonchev–Trinajstić information content (AvgIpc) is 2.46. The van der Waals surface area contributed by atoms with E-state index < -0.39 is 9.84 Å². The number of fused-ring (bicyclic) bond motifs is 1. The fourth-order valence-corrected chi connectivity index (χ4v) is 3.73. The van der Waals surface area contributed by atoms with E-state index >= 15 is 0 Å². The normalized spacial score (nSPS) is 17.8. The van der Waals surface area contributed by atoms with E-state index in [1.165, 1.54) is 0 Å². The monoisotopic (exact) mass is 304 g/mol. The van der Waals surface area contributed by atoms with Gasteiger partial charge >= 0.3 is 0 Å². The van der Waals surface area contributed by atoms with Gasteiger partial charge in [0.25, 0.3) is 5.91 Å². The van der Waals surface area contributed by atoms with Gasteiger partial charge in [-0.2, -0.15) is 0 Å². The van der Waals surface area contributed by atoms with Crippen molar-refractivity contribution >= 4 is 32.2 Å². The first-order valence-electron chi connectivity index (χ1n) is 6.74. The molecule has 0 radical (unpaired) electrons. The summed E-state index contributed by atoms with van der Waals surface area (Å²) in [5, 5.41) is 1.92. The summed E-state index contributed by atoms with van der Waals surface area (Å²) in [5.74, 6) is -0.161. The number of carbonyl (C=O) groups is 1. The van der Waals surface area contributed by atoms with Crippen LogP contribution in [0.1, 0.15) is 10.4 Å². The van der Waals surface area contributed by atoms with Crippen LogP contribution < -0.4 is 5.73 Å². The molecule has 1 heterocycles. The third kappa shape index (κ3) is 2.71. The number of hydrogen-bond donors (Lipinski definition) is 1. The third-order valence-corrected chi connectivity index (χ3v) is 5.39.